The number of nitrogens with two attached hydrogens (primary N) is 2. The van der Waals surface area contributed by atoms with Gasteiger partial charge in [0.2, 0.25) is 5.91 Å². The van der Waals surface area contributed by atoms with Crippen LogP contribution < -0.4 is 21.1 Å². The average Bonchev–Trinajstić information content (AvgIpc) is 2.41. The largest absolute Gasteiger partial charge is 0.488 e. The molecule has 4 N–H and O–H groups in total. The number of piperidine rings is 1. The first kappa shape index (κ1) is 15.4. The Morgan fingerprint density at radius 1 is 1.38 bits per heavy atom. The van der Waals surface area contributed by atoms with Crippen molar-refractivity contribution in [2.75, 3.05) is 23.7 Å². The average molecular weight is 295 g/mol. The van der Waals surface area contributed by atoms with Gasteiger partial charge in [0.1, 0.15) is 0 Å². The third-order valence-electron chi connectivity index (χ3n) is 3.68. The standard InChI is InChI=1S/C15H22FN3O2/c1-9(2)21-14-8-13(12(17)7-11(14)16)19-5-3-10(4-6-19)15(18)20/h7-10H,3-6,17H2,1-2H3,(H2,18,20). The van der Waals surface area contributed by atoms with E-state index in [0.717, 1.165) is 5.69 Å². The van der Waals surface area contributed by atoms with Crippen molar-refractivity contribution in [2.24, 2.45) is 11.7 Å². The molecule has 0 spiro atoms. The smallest absolute Gasteiger partial charge is 0.220 e. The summed E-state index contributed by atoms with van der Waals surface area (Å²) in [6.45, 7) is 5.02. The highest BCUT2D eigenvalue weighted by atomic mass is 19.1. The van der Waals surface area contributed by atoms with Gasteiger partial charge in [0.05, 0.1) is 17.5 Å². The first-order chi connectivity index (χ1) is 9.88. The molecule has 2 rings (SSSR count). The number of ether oxygens (including phenoxy) is 1. The lowest BCUT2D eigenvalue weighted by Crippen LogP contribution is -2.38. The second kappa shape index (κ2) is 6.20. The lowest BCUT2D eigenvalue weighted by atomic mass is 9.96. The van der Waals surface area contributed by atoms with Crippen LogP contribution in [0, 0.1) is 11.7 Å². The number of nitrogens with zero attached hydrogens (tertiary/aromatic N) is 1. The van der Waals surface area contributed by atoms with Gasteiger partial charge in [0.15, 0.2) is 11.6 Å². The summed E-state index contributed by atoms with van der Waals surface area (Å²) in [6.07, 6.45) is 1.26. The number of primary amides is 1. The van der Waals surface area contributed by atoms with Gasteiger partial charge in [0.25, 0.3) is 0 Å². The van der Waals surface area contributed by atoms with Crippen LogP contribution in [0.1, 0.15) is 26.7 Å². The molecule has 1 aliphatic rings. The van der Waals surface area contributed by atoms with E-state index in [4.69, 9.17) is 16.2 Å². The summed E-state index contributed by atoms with van der Waals surface area (Å²) in [7, 11) is 0. The molecule has 1 aromatic carbocycles. The first-order valence-electron chi connectivity index (χ1n) is 7.18. The predicted molar refractivity (Wildman–Crippen MR) is 80.7 cm³/mol. The Morgan fingerprint density at radius 2 is 2.00 bits per heavy atom. The third-order valence-corrected chi connectivity index (χ3v) is 3.68. The molecule has 0 saturated carbocycles. The SMILES string of the molecule is CC(C)Oc1cc(N2CCC(C(N)=O)CC2)c(N)cc1F. The second-order valence-corrected chi connectivity index (χ2v) is 5.67. The maximum atomic E-state index is 13.8. The van der Waals surface area contributed by atoms with E-state index in [1.165, 1.54) is 6.07 Å². The zero-order chi connectivity index (χ0) is 15.6. The lowest BCUT2D eigenvalue weighted by molar-refractivity contribution is -0.122. The van der Waals surface area contributed by atoms with Crippen LogP contribution in [0.2, 0.25) is 0 Å². The van der Waals surface area contributed by atoms with Gasteiger partial charge in [-0.1, -0.05) is 0 Å². The molecule has 21 heavy (non-hydrogen) atoms. The summed E-state index contributed by atoms with van der Waals surface area (Å²) in [4.78, 5) is 13.2. The zero-order valence-electron chi connectivity index (χ0n) is 12.4. The van der Waals surface area contributed by atoms with Crippen LogP contribution in [0.4, 0.5) is 15.8 Å². The predicted octanol–water partition coefficient (Wildman–Crippen LogP) is 1.90. The van der Waals surface area contributed by atoms with Crippen LogP contribution in [0.25, 0.3) is 0 Å². The summed E-state index contributed by atoms with van der Waals surface area (Å²) in [5.74, 6) is -0.608. The van der Waals surface area contributed by atoms with Crippen molar-refractivity contribution in [3.8, 4) is 5.75 Å². The number of carbonyl (C=O) groups excluding carboxylic acids is 1. The third kappa shape index (κ3) is 3.56. The minimum atomic E-state index is -0.461. The second-order valence-electron chi connectivity index (χ2n) is 5.67. The van der Waals surface area contributed by atoms with Crippen molar-refractivity contribution in [3.63, 3.8) is 0 Å². The van der Waals surface area contributed by atoms with E-state index >= 15 is 0 Å². The van der Waals surface area contributed by atoms with Gasteiger partial charge in [-0.05, 0) is 26.7 Å². The van der Waals surface area contributed by atoms with E-state index < -0.39 is 5.82 Å². The van der Waals surface area contributed by atoms with Crippen LogP contribution in [-0.4, -0.2) is 25.1 Å². The molecule has 0 aromatic heterocycles. The molecule has 0 bridgehead atoms. The quantitative estimate of drug-likeness (QED) is 0.831. The molecule has 1 aliphatic heterocycles. The van der Waals surface area contributed by atoms with Crippen LogP contribution in [0.5, 0.6) is 5.75 Å². The van der Waals surface area contributed by atoms with Gasteiger partial charge in [-0.3, -0.25) is 4.79 Å². The van der Waals surface area contributed by atoms with Crippen LogP contribution in [0.15, 0.2) is 12.1 Å². The van der Waals surface area contributed by atoms with Crippen molar-refractivity contribution in [1.82, 2.24) is 0 Å². The molecule has 5 nitrogen and oxygen atoms in total. The van der Waals surface area contributed by atoms with E-state index in [1.54, 1.807) is 6.07 Å². The monoisotopic (exact) mass is 295 g/mol. The van der Waals surface area contributed by atoms with Gasteiger partial charge in [-0.15, -0.1) is 0 Å². The number of rotatable bonds is 4. The fourth-order valence-electron chi connectivity index (χ4n) is 2.58. The maximum absolute atomic E-state index is 13.8. The molecule has 1 heterocycles. The number of benzene rings is 1. The van der Waals surface area contributed by atoms with Crippen molar-refractivity contribution < 1.29 is 13.9 Å². The van der Waals surface area contributed by atoms with E-state index in [1.807, 2.05) is 18.7 Å². The molecular weight excluding hydrogens is 273 g/mol. The normalized spacial score (nSPS) is 16.3. The number of nitrogen functional groups attached to an aromatic ring is 1. The number of carbonyl (C=O) groups is 1. The Hall–Kier alpha value is -1.98. The van der Waals surface area contributed by atoms with Gasteiger partial charge >= 0.3 is 0 Å². The Labute approximate surface area is 124 Å². The van der Waals surface area contributed by atoms with E-state index in [9.17, 15) is 9.18 Å². The fraction of sp³-hybridized carbons (Fsp3) is 0.533. The summed E-state index contributed by atoms with van der Waals surface area (Å²) < 4.78 is 19.3. The van der Waals surface area contributed by atoms with Crippen LogP contribution >= 0.6 is 0 Å². The van der Waals surface area contributed by atoms with Gasteiger partial charge in [0, 0.05) is 31.1 Å². The molecule has 0 aliphatic carbocycles. The van der Waals surface area contributed by atoms with Crippen molar-refractivity contribution in [3.05, 3.63) is 17.9 Å². The number of hydrogen-bond acceptors (Lipinski definition) is 4. The number of anilines is 2. The fourth-order valence-corrected chi connectivity index (χ4v) is 2.58. The Kier molecular flexibility index (Phi) is 4.55. The molecule has 1 aromatic rings. The van der Waals surface area contributed by atoms with Gasteiger partial charge in [-0.25, -0.2) is 4.39 Å². The maximum Gasteiger partial charge on any atom is 0.220 e. The minimum Gasteiger partial charge on any atom is -0.488 e. The molecule has 0 radical (unpaired) electrons. The molecule has 6 heteroatoms. The highest BCUT2D eigenvalue weighted by Crippen LogP contribution is 2.33. The van der Waals surface area contributed by atoms with Gasteiger partial charge in [-0.2, -0.15) is 0 Å². The zero-order valence-corrected chi connectivity index (χ0v) is 12.4. The molecule has 1 saturated heterocycles. The number of amides is 1. The number of halogens is 1. The summed E-state index contributed by atoms with van der Waals surface area (Å²) in [6, 6.07) is 2.92. The number of hydrogen-bond donors (Lipinski definition) is 2. The minimum absolute atomic E-state index is 0.0886. The molecule has 0 atom stereocenters. The summed E-state index contributed by atoms with van der Waals surface area (Å²) in [5, 5.41) is 0. The topological polar surface area (TPSA) is 81.6 Å². The van der Waals surface area contributed by atoms with Crippen molar-refractivity contribution in [1.29, 1.82) is 0 Å². The first-order valence-corrected chi connectivity index (χ1v) is 7.18. The molecule has 0 unspecified atom stereocenters. The lowest BCUT2D eigenvalue weighted by Gasteiger charge is -2.33. The Balaban J connectivity index is 2.18. The Bertz CT molecular complexity index is 526. The molecule has 1 amide bonds. The van der Waals surface area contributed by atoms with Crippen molar-refractivity contribution >= 4 is 17.3 Å². The van der Waals surface area contributed by atoms with Gasteiger partial charge < -0.3 is 21.1 Å². The molecule has 116 valence electrons. The van der Waals surface area contributed by atoms with E-state index in [0.29, 0.717) is 31.6 Å². The summed E-state index contributed by atoms with van der Waals surface area (Å²) >= 11 is 0. The molecular formula is C15H22FN3O2. The van der Waals surface area contributed by atoms with Crippen molar-refractivity contribution in [2.45, 2.75) is 32.8 Å². The summed E-state index contributed by atoms with van der Waals surface area (Å²) in [5.41, 5.74) is 12.4. The molecule has 1 fully saturated rings. The van der Waals surface area contributed by atoms with Crippen LogP contribution in [-0.2, 0) is 4.79 Å². The van der Waals surface area contributed by atoms with Crippen LogP contribution in [0.3, 0.4) is 0 Å². The Morgan fingerprint density at radius 3 is 2.52 bits per heavy atom. The van der Waals surface area contributed by atoms with E-state index in [-0.39, 0.29) is 23.7 Å². The van der Waals surface area contributed by atoms with E-state index in [2.05, 4.69) is 0 Å². The highest BCUT2D eigenvalue weighted by molar-refractivity contribution is 5.77. The highest BCUT2D eigenvalue weighted by Gasteiger charge is 2.25.